The summed E-state index contributed by atoms with van der Waals surface area (Å²) in [6.45, 7) is 1.27. The summed E-state index contributed by atoms with van der Waals surface area (Å²) in [6.07, 6.45) is 5.32. The number of rotatable bonds is 3. The molecule has 3 fully saturated rings. The standard InChI is InChI=1S/C20H19BrN2O5/c1-10(24)28-17-5-4-14(21)8-13(17)9-15-18(25)22-20(27)23(19(15)26)16-7-11-2-3-12(16)6-11/h4-5,8-9,11-12,16H,2-3,6-7H2,1H3,(H,22,25,27). The average molecular weight is 447 g/mol. The molecule has 1 aromatic carbocycles. The summed E-state index contributed by atoms with van der Waals surface area (Å²) >= 11 is 3.34. The van der Waals surface area contributed by atoms with Crippen LogP contribution < -0.4 is 10.1 Å². The Kier molecular flexibility index (Phi) is 4.82. The van der Waals surface area contributed by atoms with Crippen molar-refractivity contribution in [3.63, 3.8) is 0 Å². The van der Waals surface area contributed by atoms with Gasteiger partial charge in [-0.3, -0.25) is 24.6 Å². The number of imide groups is 2. The molecule has 0 spiro atoms. The number of fused-ring (bicyclic) bond motifs is 2. The fraction of sp³-hybridized carbons (Fsp3) is 0.400. The van der Waals surface area contributed by atoms with Gasteiger partial charge in [0.2, 0.25) is 0 Å². The molecule has 3 aliphatic rings. The van der Waals surface area contributed by atoms with E-state index in [1.807, 2.05) is 0 Å². The lowest BCUT2D eigenvalue weighted by molar-refractivity contribution is -0.133. The molecule has 2 saturated carbocycles. The molecule has 4 amide bonds. The molecule has 1 N–H and O–H groups in total. The van der Waals surface area contributed by atoms with Gasteiger partial charge in [0.15, 0.2) is 0 Å². The van der Waals surface area contributed by atoms with Crippen LogP contribution in [0.15, 0.2) is 28.2 Å². The first-order chi connectivity index (χ1) is 13.3. The summed E-state index contributed by atoms with van der Waals surface area (Å²) in [5.74, 6) is -0.784. The zero-order valence-corrected chi connectivity index (χ0v) is 16.8. The monoisotopic (exact) mass is 446 g/mol. The van der Waals surface area contributed by atoms with E-state index in [0.717, 1.165) is 25.7 Å². The Hall–Kier alpha value is -2.48. The number of ether oxygens (including phenoxy) is 1. The summed E-state index contributed by atoms with van der Waals surface area (Å²) < 4.78 is 5.87. The SMILES string of the molecule is CC(=O)Oc1ccc(Br)cc1C=C1C(=O)NC(=O)N(C2CC3CCC2C3)C1=O. The van der Waals surface area contributed by atoms with Crippen LogP contribution in [0, 0.1) is 11.8 Å². The third-order valence-electron chi connectivity index (χ3n) is 5.69. The van der Waals surface area contributed by atoms with E-state index in [-0.39, 0.29) is 17.4 Å². The summed E-state index contributed by atoms with van der Waals surface area (Å²) in [7, 11) is 0. The molecule has 0 radical (unpaired) electrons. The fourth-order valence-electron chi connectivity index (χ4n) is 4.54. The van der Waals surface area contributed by atoms with Crippen molar-refractivity contribution in [2.45, 2.75) is 38.6 Å². The van der Waals surface area contributed by atoms with Gasteiger partial charge in [0.25, 0.3) is 11.8 Å². The highest BCUT2D eigenvalue weighted by molar-refractivity contribution is 9.10. The molecule has 3 atom stereocenters. The molecular formula is C20H19BrN2O5. The van der Waals surface area contributed by atoms with Crippen molar-refractivity contribution in [3.05, 3.63) is 33.8 Å². The van der Waals surface area contributed by atoms with Gasteiger partial charge in [0, 0.05) is 23.0 Å². The van der Waals surface area contributed by atoms with E-state index >= 15 is 0 Å². The second-order valence-corrected chi connectivity index (χ2v) is 8.43. The van der Waals surface area contributed by atoms with Gasteiger partial charge in [-0.05, 0) is 55.4 Å². The van der Waals surface area contributed by atoms with Gasteiger partial charge in [-0.2, -0.15) is 0 Å². The van der Waals surface area contributed by atoms with Crippen LogP contribution in [-0.2, 0) is 14.4 Å². The smallest absolute Gasteiger partial charge is 0.331 e. The van der Waals surface area contributed by atoms with E-state index < -0.39 is 23.8 Å². The molecule has 0 aromatic heterocycles. The highest BCUT2D eigenvalue weighted by Crippen LogP contribution is 2.47. The highest BCUT2D eigenvalue weighted by Gasteiger charge is 2.49. The molecule has 146 valence electrons. The minimum Gasteiger partial charge on any atom is -0.426 e. The van der Waals surface area contributed by atoms with Crippen LogP contribution in [-0.4, -0.2) is 34.8 Å². The quantitative estimate of drug-likeness (QED) is 0.333. The van der Waals surface area contributed by atoms with Gasteiger partial charge in [-0.25, -0.2) is 4.79 Å². The predicted octanol–water partition coefficient (Wildman–Crippen LogP) is 3.02. The van der Waals surface area contributed by atoms with Crippen LogP contribution in [0.1, 0.15) is 38.2 Å². The Labute approximate surface area is 170 Å². The summed E-state index contributed by atoms with van der Waals surface area (Å²) in [5, 5.41) is 2.28. The number of hydrogen-bond acceptors (Lipinski definition) is 5. The van der Waals surface area contributed by atoms with Crippen molar-refractivity contribution in [3.8, 4) is 5.75 Å². The number of amides is 4. The third-order valence-corrected chi connectivity index (χ3v) is 6.18. The molecule has 1 aromatic rings. The summed E-state index contributed by atoms with van der Waals surface area (Å²) in [6, 6.07) is 4.08. The lowest BCUT2D eigenvalue weighted by Crippen LogP contribution is -2.58. The predicted molar refractivity (Wildman–Crippen MR) is 103 cm³/mol. The normalized spacial score (nSPS) is 28.1. The molecular weight excluding hydrogens is 428 g/mol. The van der Waals surface area contributed by atoms with E-state index in [1.165, 1.54) is 17.9 Å². The van der Waals surface area contributed by atoms with E-state index in [0.29, 0.717) is 21.9 Å². The van der Waals surface area contributed by atoms with Crippen LogP contribution in [0.3, 0.4) is 0 Å². The van der Waals surface area contributed by atoms with Gasteiger partial charge >= 0.3 is 12.0 Å². The number of hydrogen-bond donors (Lipinski definition) is 1. The molecule has 8 heteroatoms. The lowest BCUT2D eigenvalue weighted by Gasteiger charge is -2.35. The number of nitrogens with zero attached hydrogens (tertiary/aromatic N) is 1. The van der Waals surface area contributed by atoms with Crippen LogP contribution >= 0.6 is 15.9 Å². The molecule has 7 nitrogen and oxygen atoms in total. The zero-order chi connectivity index (χ0) is 20.0. The molecule has 2 aliphatic carbocycles. The Morgan fingerprint density at radius 2 is 2.04 bits per heavy atom. The molecule has 3 unspecified atom stereocenters. The van der Waals surface area contributed by atoms with Gasteiger partial charge in [0.05, 0.1) is 0 Å². The van der Waals surface area contributed by atoms with Crippen molar-refractivity contribution in [2.24, 2.45) is 11.8 Å². The van der Waals surface area contributed by atoms with Crippen LogP contribution in [0.5, 0.6) is 5.75 Å². The number of nitrogens with one attached hydrogen (secondary N) is 1. The highest BCUT2D eigenvalue weighted by atomic mass is 79.9. The second-order valence-electron chi connectivity index (χ2n) is 7.51. The number of benzene rings is 1. The Morgan fingerprint density at radius 1 is 1.25 bits per heavy atom. The minimum absolute atomic E-state index is 0.145. The summed E-state index contributed by atoms with van der Waals surface area (Å²) in [5.41, 5.74) is 0.249. The van der Waals surface area contributed by atoms with E-state index in [4.69, 9.17) is 4.74 Å². The first-order valence-electron chi connectivity index (χ1n) is 9.22. The molecule has 2 bridgehead atoms. The molecule has 1 saturated heterocycles. The minimum atomic E-state index is -0.747. The van der Waals surface area contributed by atoms with Crippen LogP contribution in [0.25, 0.3) is 6.08 Å². The number of esters is 1. The Bertz CT molecular complexity index is 925. The maximum atomic E-state index is 13.1. The first kappa shape index (κ1) is 18.9. The van der Waals surface area contributed by atoms with Crippen LogP contribution in [0.4, 0.5) is 4.79 Å². The van der Waals surface area contributed by atoms with Gasteiger partial charge in [0.1, 0.15) is 11.3 Å². The summed E-state index contributed by atoms with van der Waals surface area (Å²) in [4.78, 5) is 50.5. The maximum Gasteiger partial charge on any atom is 0.331 e. The van der Waals surface area contributed by atoms with Gasteiger partial charge in [-0.1, -0.05) is 22.4 Å². The topological polar surface area (TPSA) is 92.8 Å². The number of barbiturate groups is 1. The first-order valence-corrected chi connectivity index (χ1v) is 10.0. The van der Waals surface area contributed by atoms with Crippen molar-refractivity contribution in [1.29, 1.82) is 0 Å². The fourth-order valence-corrected chi connectivity index (χ4v) is 4.91. The second kappa shape index (κ2) is 7.16. The number of halogens is 1. The number of carbonyl (C=O) groups excluding carboxylic acids is 4. The number of carbonyl (C=O) groups is 4. The Balaban J connectivity index is 1.70. The van der Waals surface area contributed by atoms with Crippen molar-refractivity contribution in [2.75, 3.05) is 0 Å². The zero-order valence-electron chi connectivity index (χ0n) is 15.2. The average Bonchev–Trinajstić information content (AvgIpc) is 3.23. The van der Waals surface area contributed by atoms with Gasteiger partial charge in [-0.15, -0.1) is 0 Å². The lowest BCUT2D eigenvalue weighted by atomic mass is 9.93. The maximum absolute atomic E-state index is 13.1. The molecule has 28 heavy (non-hydrogen) atoms. The number of urea groups is 1. The molecule has 4 rings (SSSR count). The van der Waals surface area contributed by atoms with Crippen LogP contribution in [0.2, 0.25) is 0 Å². The van der Waals surface area contributed by atoms with Crippen molar-refractivity contribution in [1.82, 2.24) is 10.2 Å². The molecule has 1 heterocycles. The van der Waals surface area contributed by atoms with Crippen molar-refractivity contribution < 1.29 is 23.9 Å². The van der Waals surface area contributed by atoms with Crippen molar-refractivity contribution >= 4 is 45.8 Å². The van der Waals surface area contributed by atoms with E-state index in [2.05, 4.69) is 21.2 Å². The largest absolute Gasteiger partial charge is 0.426 e. The van der Waals surface area contributed by atoms with E-state index in [1.54, 1.807) is 18.2 Å². The third kappa shape index (κ3) is 3.37. The molecule has 1 aliphatic heterocycles. The van der Waals surface area contributed by atoms with E-state index in [9.17, 15) is 19.2 Å². The Morgan fingerprint density at radius 3 is 2.68 bits per heavy atom. The van der Waals surface area contributed by atoms with Gasteiger partial charge < -0.3 is 4.74 Å².